The Balaban J connectivity index is 2.32. The number of nitrogens with zero attached hydrogens (tertiary/aromatic N) is 3. The molecule has 0 saturated carbocycles. The molecule has 1 amide bonds. The summed E-state index contributed by atoms with van der Waals surface area (Å²) in [5, 5.41) is 5.73. The summed E-state index contributed by atoms with van der Waals surface area (Å²) in [6.07, 6.45) is 2.46. The zero-order chi connectivity index (χ0) is 18.1. The molecule has 6 nitrogen and oxygen atoms in total. The minimum Gasteiger partial charge on any atom is -0.496 e. The number of carbonyl (C=O) groups excluding carboxylic acids is 1. The van der Waals surface area contributed by atoms with Crippen molar-refractivity contribution in [1.29, 1.82) is 0 Å². The highest BCUT2D eigenvalue weighted by Crippen LogP contribution is 2.33. The van der Waals surface area contributed by atoms with E-state index >= 15 is 0 Å². The maximum absolute atomic E-state index is 11.5. The summed E-state index contributed by atoms with van der Waals surface area (Å²) in [4.78, 5) is 16.0. The number of pyridine rings is 1. The second kappa shape index (κ2) is 6.55. The quantitative estimate of drug-likeness (QED) is 0.774. The molecule has 6 heteroatoms. The van der Waals surface area contributed by atoms with Gasteiger partial charge in [0.25, 0.3) is 0 Å². The van der Waals surface area contributed by atoms with Gasteiger partial charge in [0.2, 0.25) is 5.91 Å². The zero-order valence-corrected chi connectivity index (χ0v) is 14.9. The summed E-state index contributed by atoms with van der Waals surface area (Å²) in [5.41, 5.74) is 9.45. The first-order valence-corrected chi connectivity index (χ1v) is 8.32. The van der Waals surface area contributed by atoms with Crippen LogP contribution in [0, 0.1) is 0 Å². The third kappa shape index (κ3) is 2.84. The highest BCUT2D eigenvalue weighted by molar-refractivity contribution is 5.93. The summed E-state index contributed by atoms with van der Waals surface area (Å²) in [6, 6.07) is 7.26. The minimum atomic E-state index is -0.436. The molecule has 0 aliphatic carbocycles. The van der Waals surface area contributed by atoms with Gasteiger partial charge in [-0.05, 0) is 42.2 Å². The van der Waals surface area contributed by atoms with Gasteiger partial charge in [-0.1, -0.05) is 20.8 Å². The van der Waals surface area contributed by atoms with E-state index in [0.717, 1.165) is 40.1 Å². The van der Waals surface area contributed by atoms with E-state index in [1.807, 2.05) is 29.8 Å². The van der Waals surface area contributed by atoms with Crippen LogP contribution in [0.4, 0.5) is 0 Å². The van der Waals surface area contributed by atoms with Crippen LogP contribution in [0.3, 0.4) is 0 Å². The Morgan fingerprint density at radius 2 is 2.08 bits per heavy atom. The molecule has 25 heavy (non-hydrogen) atoms. The second-order valence-electron chi connectivity index (χ2n) is 6.22. The van der Waals surface area contributed by atoms with Crippen LogP contribution < -0.4 is 10.5 Å². The van der Waals surface area contributed by atoms with Crippen LogP contribution >= 0.6 is 0 Å². The van der Waals surface area contributed by atoms with Gasteiger partial charge < -0.3 is 10.5 Å². The lowest BCUT2D eigenvalue weighted by Crippen LogP contribution is -2.12. The molecule has 0 fully saturated rings. The molecule has 0 bridgehead atoms. The normalized spacial score (nSPS) is 11.2. The Kier molecular flexibility index (Phi) is 4.44. The van der Waals surface area contributed by atoms with E-state index in [2.05, 4.69) is 18.8 Å². The number of carbonyl (C=O) groups is 1. The Bertz CT molecular complexity index is 944. The number of ether oxygens (including phenoxy) is 1. The monoisotopic (exact) mass is 338 g/mol. The number of amides is 1. The van der Waals surface area contributed by atoms with Crippen molar-refractivity contribution in [1.82, 2.24) is 14.8 Å². The average Bonchev–Trinajstić information content (AvgIpc) is 3.00. The minimum absolute atomic E-state index is 0.219. The molecule has 130 valence electrons. The molecular formula is C19H22N4O2. The van der Waals surface area contributed by atoms with Gasteiger partial charge in [-0.3, -0.25) is 4.79 Å². The molecule has 0 aliphatic rings. The largest absolute Gasteiger partial charge is 0.496 e. The number of aryl methyl sites for hydroxylation is 1. The van der Waals surface area contributed by atoms with Gasteiger partial charge in [0.15, 0.2) is 5.65 Å². The molecule has 3 aromatic rings. The van der Waals surface area contributed by atoms with Crippen molar-refractivity contribution in [3.8, 4) is 11.4 Å². The number of hydrogen-bond donors (Lipinski definition) is 1. The molecule has 0 atom stereocenters. The SMILES string of the molecule is CCc1cc(C(N)=O)ccc1-n1nc(C(C)C)c2c(OC)ccnc21. The van der Waals surface area contributed by atoms with Crippen molar-refractivity contribution < 1.29 is 9.53 Å². The second-order valence-corrected chi connectivity index (χ2v) is 6.22. The Morgan fingerprint density at radius 3 is 2.68 bits per heavy atom. The van der Waals surface area contributed by atoms with E-state index in [1.54, 1.807) is 19.4 Å². The van der Waals surface area contributed by atoms with E-state index in [0.29, 0.717) is 5.56 Å². The van der Waals surface area contributed by atoms with Gasteiger partial charge in [0, 0.05) is 11.8 Å². The number of hydrogen-bond acceptors (Lipinski definition) is 4. The zero-order valence-electron chi connectivity index (χ0n) is 14.9. The van der Waals surface area contributed by atoms with Crippen LogP contribution in [0.1, 0.15) is 48.3 Å². The lowest BCUT2D eigenvalue weighted by Gasteiger charge is -2.10. The predicted octanol–water partition coefficient (Wildman–Crippen LogP) is 3.21. The van der Waals surface area contributed by atoms with Crippen LogP contribution in [0.25, 0.3) is 16.7 Å². The molecule has 0 spiro atoms. The first-order chi connectivity index (χ1) is 12.0. The van der Waals surface area contributed by atoms with Gasteiger partial charge in [-0.25, -0.2) is 9.67 Å². The highest BCUT2D eigenvalue weighted by atomic mass is 16.5. The van der Waals surface area contributed by atoms with Crippen molar-refractivity contribution in [2.75, 3.05) is 7.11 Å². The van der Waals surface area contributed by atoms with Gasteiger partial charge in [-0.2, -0.15) is 5.10 Å². The predicted molar refractivity (Wildman–Crippen MR) is 97.4 cm³/mol. The van der Waals surface area contributed by atoms with Gasteiger partial charge >= 0.3 is 0 Å². The van der Waals surface area contributed by atoms with Crippen molar-refractivity contribution in [3.05, 3.63) is 47.3 Å². The molecule has 1 aromatic carbocycles. The molecule has 0 aliphatic heterocycles. The lowest BCUT2D eigenvalue weighted by atomic mass is 10.1. The van der Waals surface area contributed by atoms with Gasteiger partial charge in [0.1, 0.15) is 5.75 Å². The number of primary amides is 1. The third-order valence-corrected chi connectivity index (χ3v) is 4.30. The summed E-state index contributed by atoms with van der Waals surface area (Å²) in [7, 11) is 1.65. The topological polar surface area (TPSA) is 83.0 Å². The number of rotatable bonds is 5. The molecule has 2 heterocycles. The summed E-state index contributed by atoms with van der Waals surface area (Å²) in [5.74, 6) is 0.540. The summed E-state index contributed by atoms with van der Waals surface area (Å²) in [6.45, 7) is 6.22. The van der Waals surface area contributed by atoms with Crippen LogP contribution in [0.15, 0.2) is 30.5 Å². The summed E-state index contributed by atoms with van der Waals surface area (Å²) >= 11 is 0. The highest BCUT2D eigenvalue weighted by Gasteiger charge is 2.20. The number of fused-ring (bicyclic) bond motifs is 1. The van der Waals surface area contributed by atoms with Gasteiger partial charge in [-0.15, -0.1) is 0 Å². The maximum Gasteiger partial charge on any atom is 0.248 e. The van der Waals surface area contributed by atoms with Crippen LogP contribution in [0.5, 0.6) is 5.75 Å². The fourth-order valence-corrected chi connectivity index (χ4v) is 3.01. The molecule has 2 aromatic heterocycles. The fourth-order valence-electron chi connectivity index (χ4n) is 3.01. The standard InChI is InChI=1S/C19H22N4O2/c1-5-12-10-13(18(20)24)6-7-14(12)23-19-16(17(22-23)11(2)3)15(25-4)8-9-21-19/h6-11H,5H2,1-4H3,(H2,20,24). The van der Waals surface area contributed by atoms with E-state index < -0.39 is 5.91 Å². The van der Waals surface area contributed by atoms with E-state index in [1.165, 1.54) is 0 Å². The average molecular weight is 338 g/mol. The first kappa shape index (κ1) is 17.0. The lowest BCUT2D eigenvalue weighted by molar-refractivity contribution is 0.1000. The van der Waals surface area contributed by atoms with Gasteiger partial charge in [0.05, 0.1) is 23.9 Å². The van der Waals surface area contributed by atoms with Crippen molar-refractivity contribution in [2.45, 2.75) is 33.1 Å². The molecule has 0 saturated heterocycles. The Morgan fingerprint density at radius 1 is 1.32 bits per heavy atom. The molecule has 2 N–H and O–H groups in total. The van der Waals surface area contributed by atoms with Crippen LogP contribution in [-0.2, 0) is 6.42 Å². The van der Waals surface area contributed by atoms with E-state index in [4.69, 9.17) is 15.6 Å². The Labute approximate surface area is 146 Å². The molecule has 0 unspecified atom stereocenters. The van der Waals surface area contributed by atoms with E-state index in [9.17, 15) is 4.79 Å². The van der Waals surface area contributed by atoms with E-state index in [-0.39, 0.29) is 5.92 Å². The number of methoxy groups -OCH3 is 1. The number of benzene rings is 1. The molecule has 0 radical (unpaired) electrons. The van der Waals surface area contributed by atoms with Crippen molar-refractivity contribution >= 4 is 16.9 Å². The third-order valence-electron chi connectivity index (χ3n) is 4.30. The Hall–Kier alpha value is -2.89. The summed E-state index contributed by atoms with van der Waals surface area (Å²) < 4.78 is 7.35. The van der Waals surface area contributed by atoms with Crippen LogP contribution in [0.2, 0.25) is 0 Å². The molecular weight excluding hydrogens is 316 g/mol. The smallest absolute Gasteiger partial charge is 0.248 e. The van der Waals surface area contributed by atoms with Crippen molar-refractivity contribution in [3.63, 3.8) is 0 Å². The first-order valence-electron chi connectivity index (χ1n) is 8.32. The van der Waals surface area contributed by atoms with Crippen LogP contribution in [-0.4, -0.2) is 27.8 Å². The number of nitrogens with two attached hydrogens (primary N) is 1. The number of aromatic nitrogens is 3. The molecule has 3 rings (SSSR count). The maximum atomic E-state index is 11.5. The fraction of sp³-hybridized carbons (Fsp3) is 0.316. The van der Waals surface area contributed by atoms with Crippen molar-refractivity contribution in [2.24, 2.45) is 5.73 Å².